The maximum absolute atomic E-state index is 10.2. The molecule has 1 aliphatic carbocycles. The summed E-state index contributed by atoms with van der Waals surface area (Å²) in [6.45, 7) is 2.63. The zero-order valence-corrected chi connectivity index (χ0v) is 12.2. The monoisotopic (exact) mass is 279 g/mol. The first-order valence-corrected chi connectivity index (χ1v) is 7.36. The zero-order valence-electron chi connectivity index (χ0n) is 12.2. The molecule has 0 heterocycles. The van der Waals surface area contributed by atoms with Gasteiger partial charge in [-0.05, 0) is 30.5 Å². The molecule has 4 nitrogen and oxygen atoms in total. The van der Waals surface area contributed by atoms with E-state index in [4.69, 9.17) is 9.47 Å². The van der Waals surface area contributed by atoms with Crippen LogP contribution in [0.25, 0.3) is 0 Å². The molecular weight excluding hydrogens is 254 g/mol. The molecule has 0 spiro atoms. The van der Waals surface area contributed by atoms with Crippen LogP contribution in [-0.2, 0) is 11.3 Å². The molecule has 0 radical (unpaired) electrons. The highest BCUT2D eigenvalue weighted by Crippen LogP contribution is 2.28. The molecule has 4 heteroatoms. The molecule has 1 fully saturated rings. The lowest BCUT2D eigenvalue weighted by molar-refractivity contribution is 0.0475. The van der Waals surface area contributed by atoms with Crippen LogP contribution in [0, 0.1) is 0 Å². The van der Waals surface area contributed by atoms with Gasteiger partial charge in [-0.15, -0.1) is 0 Å². The summed E-state index contributed by atoms with van der Waals surface area (Å²) in [6, 6.07) is 8.04. The van der Waals surface area contributed by atoms with Crippen molar-refractivity contribution in [2.75, 3.05) is 26.9 Å². The van der Waals surface area contributed by atoms with Crippen molar-refractivity contribution < 1.29 is 14.6 Å². The van der Waals surface area contributed by atoms with E-state index in [0.717, 1.165) is 38.0 Å². The summed E-state index contributed by atoms with van der Waals surface area (Å²) in [5, 5.41) is 13.6. The van der Waals surface area contributed by atoms with Crippen molar-refractivity contribution in [1.29, 1.82) is 0 Å². The molecule has 0 unspecified atom stereocenters. The van der Waals surface area contributed by atoms with Gasteiger partial charge in [0.15, 0.2) is 0 Å². The first-order valence-electron chi connectivity index (χ1n) is 7.36. The van der Waals surface area contributed by atoms with Crippen molar-refractivity contribution in [2.24, 2.45) is 0 Å². The van der Waals surface area contributed by atoms with Crippen LogP contribution in [0.4, 0.5) is 0 Å². The van der Waals surface area contributed by atoms with E-state index >= 15 is 0 Å². The Balaban J connectivity index is 1.70. The van der Waals surface area contributed by atoms with Gasteiger partial charge in [-0.1, -0.05) is 25.0 Å². The third kappa shape index (κ3) is 4.78. The molecule has 1 aromatic carbocycles. The smallest absolute Gasteiger partial charge is 0.119 e. The second kappa shape index (κ2) is 7.62. The molecular formula is C16H25NO3. The van der Waals surface area contributed by atoms with Gasteiger partial charge in [0.05, 0.1) is 12.2 Å². The van der Waals surface area contributed by atoms with Crippen LogP contribution in [0.3, 0.4) is 0 Å². The van der Waals surface area contributed by atoms with Crippen LogP contribution in [0.15, 0.2) is 24.3 Å². The highest BCUT2D eigenvalue weighted by atomic mass is 16.5. The minimum atomic E-state index is -0.483. The van der Waals surface area contributed by atoms with Gasteiger partial charge in [0.25, 0.3) is 0 Å². The molecule has 2 rings (SSSR count). The molecule has 1 aromatic rings. The van der Waals surface area contributed by atoms with Crippen LogP contribution in [0.2, 0.25) is 0 Å². The summed E-state index contributed by atoms with van der Waals surface area (Å²) in [7, 11) is 1.66. The van der Waals surface area contributed by atoms with E-state index in [-0.39, 0.29) is 0 Å². The molecule has 1 aliphatic rings. The number of aliphatic hydroxyl groups is 1. The van der Waals surface area contributed by atoms with Gasteiger partial charge in [-0.3, -0.25) is 0 Å². The normalized spacial score (nSPS) is 17.3. The fourth-order valence-electron chi connectivity index (χ4n) is 2.60. The van der Waals surface area contributed by atoms with Crippen molar-refractivity contribution in [2.45, 2.75) is 37.8 Å². The number of ether oxygens (including phenoxy) is 2. The lowest BCUT2D eigenvalue weighted by Crippen LogP contribution is -2.37. The van der Waals surface area contributed by atoms with E-state index < -0.39 is 5.60 Å². The summed E-state index contributed by atoms with van der Waals surface area (Å²) in [5.41, 5.74) is 0.717. The van der Waals surface area contributed by atoms with Gasteiger partial charge in [-0.2, -0.15) is 0 Å². The lowest BCUT2D eigenvalue weighted by Gasteiger charge is -2.22. The number of nitrogens with one attached hydrogen (secondary N) is 1. The molecule has 0 bridgehead atoms. The maximum Gasteiger partial charge on any atom is 0.119 e. The molecule has 0 amide bonds. The minimum absolute atomic E-state index is 0.483. The molecule has 0 saturated heterocycles. The van der Waals surface area contributed by atoms with Gasteiger partial charge in [0.2, 0.25) is 0 Å². The standard InChI is InChI=1S/C16H25NO3/c1-19-10-11-20-15-6-4-14(5-7-15)12-17-13-16(18)8-2-3-9-16/h4-7,17-18H,2-3,8-13H2,1H3. The molecule has 2 N–H and O–H groups in total. The van der Waals surface area contributed by atoms with E-state index in [1.54, 1.807) is 7.11 Å². The highest BCUT2D eigenvalue weighted by molar-refractivity contribution is 5.27. The maximum atomic E-state index is 10.2. The third-order valence-corrected chi connectivity index (χ3v) is 3.80. The first kappa shape index (κ1) is 15.3. The van der Waals surface area contributed by atoms with Crippen molar-refractivity contribution in [3.8, 4) is 5.75 Å². The molecule has 0 atom stereocenters. The Morgan fingerprint density at radius 3 is 2.50 bits per heavy atom. The SMILES string of the molecule is COCCOc1ccc(CNCC2(O)CCCC2)cc1. The Morgan fingerprint density at radius 2 is 1.85 bits per heavy atom. The van der Waals surface area contributed by atoms with Crippen molar-refractivity contribution in [1.82, 2.24) is 5.32 Å². The molecule has 0 aromatic heterocycles. The molecule has 112 valence electrons. The number of benzene rings is 1. The predicted molar refractivity (Wildman–Crippen MR) is 78.9 cm³/mol. The van der Waals surface area contributed by atoms with E-state index in [9.17, 15) is 5.11 Å². The van der Waals surface area contributed by atoms with Crippen LogP contribution in [-0.4, -0.2) is 37.6 Å². The van der Waals surface area contributed by atoms with E-state index in [1.807, 2.05) is 24.3 Å². The van der Waals surface area contributed by atoms with Gasteiger partial charge in [0.1, 0.15) is 12.4 Å². The molecule has 1 saturated carbocycles. The van der Waals surface area contributed by atoms with Gasteiger partial charge in [-0.25, -0.2) is 0 Å². The third-order valence-electron chi connectivity index (χ3n) is 3.80. The average molecular weight is 279 g/mol. The molecule has 0 aliphatic heterocycles. The Labute approximate surface area is 121 Å². The highest BCUT2D eigenvalue weighted by Gasteiger charge is 2.30. The Hall–Kier alpha value is -1.10. The average Bonchev–Trinajstić information content (AvgIpc) is 2.88. The Bertz CT molecular complexity index is 385. The van der Waals surface area contributed by atoms with Crippen molar-refractivity contribution >= 4 is 0 Å². The summed E-state index contributed by atoms with van der Waals surface area (Å²) in [6.07, 6.45) is 4.13. The predicted octanol–water partition coefficient (Wildman–Crippen LogP) is 2.11. The largest absolute Gasteiger partial charge is 0.491 e. The van der Waals surface area contributed by atoms with Gasteiger partial charge < -0.3 is 19.9 Å². The number of methoxy groups -OCH3 is 1. The lowest BCUT2D eigenvalue weighted by atomic mass is 10.0. The van der Waals surface area contributed by atoms with E-state index in [1.165, 1.54) is 5.56 Å². The van der Waals surface area contributed by atoms with Crippen LogP contribution < -0.4 is 10.1 Å². The Morgan fingerprint density at radius 1 is 1.15 bits per heavy atom. The topological polar surface area (TPSA) is 50.7 Å². The molecule has 20 heavy (non-hydrogen) atoms. The van der Waals surface area contributed by atoms with Crippen molar-refractivity contribution in [3.05, 3.63) is 29.8 Å². The van der Waals surface area contributed by atoms with Crippen LogP contribution in [0.5, 0.6) is 5.75 Å². The second-order valence-corrected chi connectivity index (χ2v) is 5.52. The van der Waals surface area contributed by atoms with E-state index in [0.29, 0.717) is 19.8 Å². The van der Waals surface area contributed by atoms with Crippen LogP contribution in [0.1, 0.15) is 31.2 Å². The first-order chi connectivity index (χ1) is 9.72. The zero-order chi connectivity index (χ0) is 14.3. The summed E-state index contributed by atoms with van der Waals surface area (Å²) < 4.78 is 10.5. The Kier molecular flexibility index (Phi) is 5.83. The number of hydrogen-bond donors (Lipinski definition) is 2. The number of hydrogen-bond acceptors (Lipinski definition) is 4. The van der Waals surface area contributed by atoms with Crippen molar-refractivity contribution in [3.63, 3.8) is 0 Å². The number of rotatable bonds is 8. The van der Waals surface area contributed by atoms with Gasteiger partial charge in [0, 0.05) is 20.2 Å². The summed E-state index contributed by atoms with van der Waals surface area (Å²) in [4.78, 5) is 0. The van der Waals surface area contributed by atoms with Crippen LogP contribution >= 0.6 is 0 Å². The van der Waals surface area contributed by atoms with E-state index in [2.05, 4.69) is 5.32 Å². The summed E-state index contributed by atoms with van der Waals surface area (Å²) in [5.74, 6) is 0.861. The second-order valence-electron chi connectivity index (χ2n) is 5.52. The quantitative estimate of drug-likeness (QED) is 0.716. The minimum Gasteiger partial charge on any atom is -0.491 e. The van der Waals surface area contributed by atoms with Gasteiger partial charge >= 0.3 is 0 Å². The fourth-order valence-corrected chi connectivity index (χ4v) is 2.60. The fraction of sp³-hybridized carbons (Fsp3) is 0.625. The summed E-state index contributed by atoms with van der Waals surface area (Å²) >= 11 is 0.